The molecular weight excluding hydrogens is 316 g/mol. The first kappa shape index (κ1) is 14.0. The van der Waals surface area contributed by atoms with Crippen LogP contribution in [-0.4, -0.2) is 40.0 Å². The lowest BCUT2D eigenvalue weighted by molar-refractivity contribution is -0.384. The van der Waals surface area contributed by atoms with Crippen molar-refractivity contribution in [3.8, 4) is 0 Å². The molecular formula is C12H13BrN2O4. The molecule has 102 valence electrons. The van der Waals surface area contributed by atoms with Gasteiger partial charge < -0.3 is 10.0 Å². The molecule has 0 aliphatic carbocycles. The first-order chi connectivity index (χ1) is 8.99. The van der Waals surface area contributed by atoms with Crippen molar-refractivity contribution >= 4 is 27.5 Å². The third-order valence-corrected chi connectivity index (χ3v) is 3.77. The van der Waals surface area contributed by atoms with Crippen LogP contribution in [0.5, 0.6) is 0 Å². The Morgan fingerprint density at radius 3 is 2.89 bits per heavy atom. The van der Waals surface area contributed by atoms with Gasteiger partial charge in [0.1, 0.15) is 0 Å². The summed E-state index contributed by atoms with van der Waals surface area (Å²) in [5.74, 6) is -0.297. The second-order valence-corrected chi connectivity index (χ2v) is 5.32. The summed E-state index contributed by atoms with van der Waals surface area (Å²) in [5.41, 5.74) is 0.132. The highest BCUT2D eigenvalue weighted by Gasteiger charge is 2.25. The summed E-state index contributed by atoms with van der Waals surface area (Å²) in [6.07, 6.45) is 0.898. The van der Waals surface area contributed by atoms with Crippen LogP contribution in [0.4, 0.5) is 5.69 Å². The van der Waals surface area contributed by atoms with Crippen molar-refractivity contribution < 1.29 is 14.8 Å². The molecule has 1 amide bonds. The van der Waals surface area contributed by atoms with Crippen LogP contribution in [0.15, 0.2) is 22.7 Å². The summed E-state index contributed by atoms with van der Waals surface area (Å²) >= 11 is 3.23. The molecule has 1 heterocycles. The summed E-state index contributed by atoms with van der Waals surface area (Å²) in [7, 11) is 0. The number of non-ortho nitro benzene ring substituents is 1. The third kappa shape index (κ3) is 3.10. The Bertz CT molecular complexity index is 520. The largest absolute Gasteiger partial charge is 0.391 e. The van der Waals surface area contributed by atoms with E-state index in [-0.39, 0.29) is 23.7 Å². The van der Waals surface area contributed by atoms with Crippen molar-refractivity contribution in [1.82, 2.24) is 4.90 Å². The van der Waals surface area contributed by atoms with E-state index in [9.17, 15) is 20.0 Å². The van der Waals surface area contributed by atoms with Crippen LogP contribution in [0.25, 0.3) is 0 Å². The highest BCUT2D eigenvalue weighted by Crippen LogP contribution is 2.25. The average molecular weight is 329 g/mol. The number of amides is 1. The van der Waals surface area contributed by atoms with E-state index in [0.29, 0.717) is 17.4 Å². The third-order valence-electron chi connectivity index (χ3n) is 3.07. The van der Waals surface area contributed by atoms with Crippen molar-refractivity contribution in [3.63, 3.8) is 0 Å². The number of hydrogen-bond donors (Lipinski definition) is 1. The van der Waals surface area contributed by atoms with E-state index in [0.717, 1.165) is 6.42 Å². The van der Waals surface area contributed by atoms with E-state index >= 15 is 0 Å². The lowest BCUT2D eigenvalue weighted by Crippen LogP contribution is -2.42. The smallest absolute Gasteiger partial charge is 0.270 e. The maximum Gasteiger partial charge on any atom is 0.270 e. The monoisotopic (exact) mass is 328 g/mol. The zero-order valence-corrected chi connectivity index (χ0v) is 11.7. The van der Waals surface area contributed by atoms with Gasteiger partial charge in [-0.1, -0.05) is 0 Å². The van der Waals surface area contributed by atoms with Gasteiger partial charge in [0.2, 0.25) is 0 Å². The van der Waals surface area contributed by atoms with Crippen LogP contribution in [-0.2, 0) is 0 Å². The summed E-state index contributed by atoms with van der Waals surface area (Å²) in [6.45, 7) is 0.832. The van der Waals surface area contributed by atoms with Crippen molar-refractivity contribution in [2.75, 3.05) is 13.1 Å². The van der Waals surface area contributed by atoms with Gasteiger partial charge in [-0.2, -0.15) is 0 Å². The van der Waals surface area contributed by atoms with Gasteiger partial charge in [0.25, 0.3) is 11.6 Å². The molecule has 1 aliphatic heterocycles. The average Bonchev–Trinajstić information content (AvgIpc) is 2.38. The zero-order chi connectivity index (χ0) is 14.0. The number of benzene rings is 1. The van der Waals surface area contributed by atoms with Crippen molar-refractivity contribution in [2.45, 2.75) is 18.9 Å². The van der Waals surface area contributed by atoms with Crippen LogP contribution in [0.3, 0.4) is 0 Å². The van der Waals surface area contributed by atoms with Gasteiger partial charge in [-0.15, -0.1) is 0 Å². The fourth-order valence-electron chi connectivity index (χ4n) is 2.10. The number of carbonyl (C=O) groups is 1. The molecule has 0 bridgehead atoms. The summed E-state index contributed by atoms with van der Waals surface area (Å²) in [5, 5.41) is 20.3. The molecule has 1 saturated heterocycles. The molecule has 6 nitrogen and oxygen atoms in total. The number of nitro groups is 1. The number of halogens is 1. The first-order valence-electron chi connectivity index (χ1n) is 5.90. The maximum atomic E-state index is 12.3. The number of aliphatic hydroxyl groups is 1. The molecule has 1 atom stereocenters. The SMILES string of the molecule is O=C(c1cc([N+](=O)[O-])ccc1Br)N1CCCC(O)C1. The molecule has 19 heavy (non-hydrogen) atoms. The molecule has 7 heteroatoms. The number of nitrogens with zero attached hydrogens (tertiary/aromatic N) is 2. The lowest BCUT2D eigenvalue weighted by atomic mass is 10.1. The number of likely N-dealkylation sites (tertiary alicyclic amines) is 1. The topological polar surface area (TPSA) is 83.7 Å². The Morgan fingerprint density at radius 2 is 2.26 bits per heavy atom. The Kier molecular flexibility index (Phi) is 4.16. The van der Waals surface area contributed by atoms with E-state index in [1.165, 1.54) is 23.1 Å². The van der Waals surface area contributed by atoms with Crippen molar-refractivity contribution in [3.05, 3.63) is 38.3 Å². The zero-order valence-electron chi connectivity index (χ0n) is 10.1. The fourth-order valence-corrected chi connectivity index (χ4v) is 2.52. The summed E-state index contributed by atoms with van der Waals surface area (Å²) in [4.78, 5) is 24.0. The quantitative estimate of drug-likeness (QED) is 0.664. The van der Waals surface area contributed by atoms with Crippen LogP contribution in [0.1, 0.15) is 23.2 Å². The van der Waals surface area contributed by atoms with E-state index < -0.39 is 11.0 Å². The van der Waals surface area contributed by atoms with E-state index in [1.807, 2.05) is 0 Å². The molecule has 1 unspecified atom stereocenters. The van der Waals surface area contributed by atoms with Crippen LogP contribution < -0.4 is 0 Å². The van der Waals surface area contributed by atoms with Crippen LogP contribution in [0, 0.1) is 10.1 Å². The van der Waals surface area contributed by atoms with E-state index in [1.54, 1.807) is 0 Å². The van der Waals surface area contributed by atoms with Gasteiger partial charge >= 0.3 is 0 Å². The van der Waals surface area contributed by atoms with E-state index in [2.05, 4.69) is 15.9 Å². The van der Waals surface area contributed by atoms with Gasteiger partial charge in [0.15, 0.2) is 0 Å². The summed E-state index contributed by atoms with van der Waals surface area (Å²) in [6, 6.07) is 4.09. The normalized spacial score (nSPS) is 19.3. The number of piperidine rings is 1. The molecule has 1 N–H and O–H groups in total. The maximum absolute atomic E-state index is 12.3. The van der Waals surface area contributed by atoms with Gasteiger partial charge in [-0.3, -0.25) is 14.9 Å². The van der Waals surface area contributed by atoms with Gasteiger partial charge in [-0.25, -0.2) is 0 Å². The Hall–Kier alpha value is -1.47. The van der Waals surface area contributed by atoms with Crippen molar-refractivity contribution in [2.24, 2.45) is 0 Å². The number of hydrogen-bond acceptors (Lipinski definition) is 4. The minimum absolute atomic E-state index is 0.121. The Labute approximate surface area is 118 Å². The highest BCUT2D eigenvalue weighted by molar-refractivity contribution is 9.10. The molecule has 0 spiro atoms. The number of rotatable bonds is 2. The highest BCUT2D eigenvalue weighted by atomic mass is 79.9. The first-order valence-corrected chi connectivity index (χ1v) is 6.69. The van der Waals surface area contributed by atoms with Gasteiger partial charge in [0.05, 0.1) is 16.6 Å². The van der Waals surface area contributed by atoms with Gasteiger partial charge in [-0.05, 0) is 34.8 Å². The number of carbonyl (C=O) groups excluding carboxylic acids is 1. The predicted molar refractivity (Wildman–Crippen MR) is 71.9 cm³/mol. The van der Waals surface area contributed by atoms with Gasteiger partial charge in [0, 0.05) is 29.7 Å². The molecule has 1 aliphatic rings. The molecule has 2 rings (SSSR count). The molecule has 0 radical (unpaired) electrons. The summed E-state index contributed by atoms with van der Waals surface area (Å²) < 4.78 is 0.517. The van der Waals surface area contributed by atoms with Crippen LogP contribution in [0.2, 0.25) is 0 Å². The number of β-amino-alcohol motifs (C(OH)–C–C–N with tert-alkyl or cyclic N) is 1. The predicted octanol–water partition coefficient (Wildman–Crippen LogP) is 1.95. The Balaban J connectivity index is 2.27. The number of nitro benzene ring substituents is 1. The minimum atomic E-state index is -0.533. The second-order valence-electron chi connectivity index (χ2n) is 4.47. The second kappa shape index (κ2) is 5.66. The van der Waals surface area contributed by atoms with E-state index in [4.69, 9.17) is 0 Å². The fraction of sp³-hybridized carbons (Fsp3) is 0.417. The molecule has 1 aromatic carbocycles. The molecule has 1 fully saturated rings. The van der Waals surface area contributed by atoms with Crippen molar-refractivity contribution in [1.29, 1.82) is 0 Å². The molecule has 0 aromatic heterocycles. The number of aliphatic hydroxyl groups excluding tert-OH is 1. The molecule has 1 aromatic rings. The van der Waals surface area contributed by atoms with Crippen LogP contribution >= 0.6 is 15.9 Å². The minimum Gasteiger partial charge on any atom is -0.391 e. The standard InChI is InChI=1S/C12H13BrN2O4/c13-11-4-3-8(15(18)19)6-10(11)12(17)14-5-1-2-9(16)7-14/h3-4,6,9,16H,1-2,5,7H2. The lowest BCUT2D eigenvalue weighted by Gasteiger charge is -2.30. The molecule has 0 saturated carbocycles. The Morgan fingerprint density at radius 1 is 1.53 bits per heavy atom.